The summed E-state index contributed by atoms with van der Waals surface area (Å²) in [7, 11) is 0. The van der Waals surface area contributed by atoms with E-state index in [1.165, 1.54) is 12.1 Å². The van der Waals surface area contributed by atoms with Crippen LogP contribution in [0.3, 0.4) is 0 Å². The third-order valence-electron chi connectivity index (χ3n) is 6.72. The zero-order chi connectivity index (χ0) is 28.7. The monoisotopic (exact) mass is 547 g/mol. The van der Waals surface area contributed by atoms with E-state index >= 15 is 0 Å². The lowest BCUT2D eigenvalue weighted by Gasteiger charge is -2.17. The topological polar surface area (TPSA) is 111 Å². The molecule has 0 spiro atoms. The number of halogens is 1. The highest BCUT2D eigenvalue weighted by atomic mass is 19.1. The first-order chi connectivity index (χ1) is 19.6. The van der Waals surface area contributed by atoms with Crippen LogP contribution in [-0.4, -0.2) is 31.1 Å². The number of carbonyl (C=O) groups is 1. The van der Waals surface area contributed by atoms with Gasteiger partial charge in [-0.1, -0.05) is 32.9 Å². The molecule has 9 heteroatoms. The van der Waals surface area contributed by atoms with Crippen molar-refractivity contribution in [1.82, 2.24) is 35.8 Å². The van der Waals surface area contributed by atoms with Crippen LogP contribution in [0.1, 0.15) is 39.8 Å². The second kappa shape index (κ2) is 10.2. The van der Waals surface area contributed by atoms with Gasteiger partial charge in [0.1, 0.15) is 17.0 Å². The zero-order valence-corrected chi connectivity index (χ0v) is 23.3. The van der Waals surface area contributed by atoms with Gasteiger partial charge in [-0.15, -0.1) is 0 Å². The molecule has 1 aliphatic rings. The van der Waals surface area contributed by atoms with Crippen molar-refractivity contribution in [1.29, 1.82) is 0 Å². The van der Waals surface area contributed by atoms with Crippen molar-refractivity contribution in [3.8, 4) is 22.6 Å². The molecule has 5 aromatic rings. The Morgan fingerprint density at radius 1 is 1.02 bits per heavy atom. The maximum atomic E-state index is 14.0. The van der Waals surface area contributed by atoms with E-state index in [-0.39, 0.29) is 17.1 Å². The van der Waals surface area contributed by atoms with Gasteiger partial charge in [0.05, 0.1) is 22.6 Å². The minimum absolute atomic E-state index is 0.0412. The first-order valence-electron chi connectivity index (χ1n) is 13.4. The Bertz CT molecular complexity index is 1900. The molecule has 0 bridgehead atoms. The summed E-state index contributed by atoms with van der Waals surface area (Å²) in [6, 6.07) is 14.1. The number of nitrogens with one attached hydrogen (secondary N) is 4. The Hall–Kier alpha value is -5.05. The van der Waals surface area contributed by atoms with Crippen molar-refractivity contribution in [2.75, 3.05) is 0 Å². The minimum Gasteiger partial charge on any atom is -0.365 e. The number of amides is 1. The van der Waals surface area contributed by atoms with Gasteiger partial charge in [0.25, 0.3) is 0 Å². The van der Waals surface area contributed by atoms with Crippen LogP contribution in [0, 0.1) is 11.2 Å². The van der Waals surface area contributed by atoms with E-state index in [2.05, 4.69) is 30.8 Å². The van der Waals surface area contributed by atoms with Gasteiger partial charge in [0, 0.05) is 52.3 Å². The van der Waals surface area contributed by atoms with Crippen LogP contribution in [0.2, 0.25) is 0 Å². The molecular weight excluding hydrogens is 517 g/mol. The van der Waals surface area contributed by atoms with Gasteiger partial charge in [-0.2, -0.15) is 5.10 Å². The van der Waals surface area contributed by atoms with Gasteiger partial charge in [0.2, 0.25) is 5.91 Å². The van der Waals surface area contributed by atoms with Gasteiger partial charge in [-0.25, -0.2) is 9.37 Å². The van der Waals surface area contributed by atoms with Crippen molar-refractivity contribution >= 4 is 33.4 Å². The number of hydrogen-bond acceptors (Lipinski definition) is 5. The van der Waals surface area contributed by atoms with Crippen molar-refractivity contribution < 1.29 is 9.18 Å². The summed E-state index contributed by atoms with van der Waals surface area (Å²) in [5.41, 5.74) is 8.13. The molecule has 206 valence electrons. The van der Waals surface area contributed by atoms with Crippen LogP contribution in [0.25, 0.3) is 50.2 Å². The number of nitrogens with zero attached hydrogens (tertiary/aromatic N) is 3. The van der Waals surface area contributed by atoms with E-state index in [0.29, 0.717) is 34.6 Å². The lowest BCUT2D eigenvalue weighted by atomic mass is 9.92. The fourth-order valence-corrected chi connectivity index (χ4v) is 4.92. The average molecular weight is 548 g/mol. The Morgan fingerprint density at radius 2 is 1.88 bits per heavy atom. The van der Waals surface area contributed by atoms with Crippen LogP contribution < -0.4 is 10.6 Å². The molecule has 8 nitrogen and oxygen atoms in total. The van der Waals surface area contributed by atoms with Gasteiger partial charge in [0.15, 0.2) is 0 Å². The maximum Gasteiger partial charge on any atom is 0.224 e. The van der Waals surface area contributed by atoms with E-state index in [4.69, 9.17) is 4.98 Å². The van der Waals surface area contributed by atoms with Crippen molar-refractivity contribution in [3.63, 3.8) is 0 Å². The number of aromatic nitrogens is 5. The van der Waals surface area contributed by atoms with Crippen LogP contribution in [0.15, 0.2) is 84.5 Å². The number of pyridine rings is 2. The Balaban J connectivity index is 1.37. The maximum absolute atomic E-state index is 14.0. The van der Waals surface area contributed by atoms with E-state index in [9.17, 15) is 9.18 Å². The van der Waals surface area contributed by atoms with Crippen LogP contribution in [0.5, 0.6) is 0 Å². The third kappa shape index (κ3) is 5.51. The van der Waals surface area contributed by atoms with Gasteiger partial charge < -0.3 is 15.6 Å². The third-order valence-corrected chi connectivity index (χ3v) is 6.72. The summed E-state index contributed by atoms with van der Waals surface area (Å²) in [4.78, 5) is 25.6. The normalized spacial score (nSPS) is 13.8. The fraction of sp³-hybridized carbons (Fsp3) is 0.188. The molecule has 6 rings (SSSR count). The molecule has 0 unspecified atom stereocenters. The average Bonchev–Trinajstić information content (AvgIpc) is 3.48. The minimum atomic E-state index is -0.314. The highest BCUT2D eigenvalue weighted by Gasteiger charge is 2.19. The summed E-state index contributed by atoms with van der Waals surface area (Å²) in [5, 5.41) is 14.8. The molecule has 1 aromatic carbocycles. The van der Waals surface area contributed by atoms with Gasteiger partial charge in [-0.3, -0.25) is 14.9 Å². The molecule has 41 heavy (non-hydrogen) atoms. The van der Waals surface area contributed by atoms with Crippen molar-refractivity contribution in [2.45, 2.75) is 34.1 Å². The van der Waals surface area contributed by atoms with Crippen LogP contribution >= 0.6 is 0 Å². The number of fused-ring (bicyclic) bond motifs is 2. The predicted molar refractivity (Wildman–Crippen MR) is 160 cm³/mol. The second-order valence-electron chi connectivity index (χ2n) is 11.4. The molecule has 0 radical (unpaired) electrons. The summed E-state index contributed by atoms with van der Waals surface area (Å²) in [6.07, 6.45) is 7.81. The SMILES string of the molecule is CC1=CC(NC(=O)CC(C)(C)C)=CC(c2ccc3[nH]nc(-c4cc5c(-c6cccc(F)c6)nccc5[nH]4)c3n2)=CN1. The molecule has 4 aromatic heterocycles. The number of carbonyl (C=O) groups excluding carboxylic acids is 1. The Morgan fingerprint density at radius 3 is 2.68 bits per heavy atom. The quantitative estimate of drug-likeness (QED) is 0.198. The Labute approximate surface area is 236 Å². The smallest absolute Gasteiger partial charge is 0.224 e. The number of benzene rings is 1. The second-order valence-corrected chi connectivity index (χ2v) is 11.4. The summed E-state index contributed by atoms with van der Waals surface area (Å²) in [6.45, 7) is 8.05. The molecule has 0 fully saturated rings. The molecule has 4 N–H and O–H groups in total. The number of hydrogen-bond donors (Lipinski definition) is 4. The fourth-order valence-electron chi connectivity index (χ4n) is 4.92. The molecule has 0 aliphatic carbocycles. The van der Waals surface area contributed by atoms with E-state index in [0.717, 1.165) is 39.1 Å². The zero-order valence-electron chi connectivity index (χ0n) is 23.3. The summed E-state index contributed by atoms with van der Waals surface area (Å²) < 4.78 is 14.0. The van der Waals surface area contributed by atoms with Crippen LogP contribution in [-0.2, 0) is 4.79 Å². The molecule has 0 saturated heterocycles. The molecule has 0 saturated carbocycles. The van der Waals surface area contributed by atoms with Gasteiger partial charge in [-0.05, 0) is 60.9 Å². The first kappa shape index (κ1) is 26.2. The largest absolute Gasteiger partial charge is 0.365 e. The first-order valence-corrected chi connectivity index (χ1v) is 13.4. The Kier molecular flexibility index (Phi) is 6.49. The standard InChI is InChI=1S/C32H30FN7O/c1-18-12-22(36-28(41)16-32(2,3)4)14-20(17-35-18)24-8-9-26-30(38-24)31(40-39-26)27-15-23-25(37-27)10-11-34-29(23)19-6-5-7-21(33)13-19/h5-15,17,35,37H,16H2,1-4H3,(H,36,41)(H,39,40). The van der Waals surface area contributed by atoms with Gasteiger partial charge >= 0.3 is 0 Å². The number of H-pyrrole nitrogens is 2. The molecule has 5 heterocycles. The number of aromatic amines is 2. The van der Waals surface area contributed by atoms with Crippen LogP contribution in [0.4, 0.5) is 4.39 Å². The predicted octanol–water partition coefficient (Wildman–Crippen LogP) is 6.59. The molecule has 1 amide bonds. The van der Waals surface area contributed by atoms with Crippen molar-refractivity contribution in [3.05, 3.63) is 96.0 Å². The van der Waals surface area contributed by atoms with Crippen molar-refractivity contribution in [2.24, 2.45) is 5.41 Å². The lowest BCUT2D eigenvalue weighted by molar-refractivity contribution is -0.122. The molecule has 1 aliphatic heterocycles. The lowest BCUT2D eigenvalue weighted by Crippen LogP contribution is -2.26. The number of allylic oxidation sites excluding steroid dienone is 4. The highest BCUT2D eigenvalue weighted by Crippen LogP contribution is 2.33. The van der Waals surface area contributed by atoms with E-state index in [1.54, 1.807) is 12.3 Å². The van der Waals surface area contributed by atoms with E-state index in [1.807, 2.05) is 76.4 Å². The highest BCUT2D eigenvalue weighted by molar-refractivity contribution is 5.99. The molecular formula is C32H30FN7O. The number of rotatable bonds is 5. The summed E-state index contributed by atoms with van der Waals surface area (Å²) in [5.74, 6) is -0.355. The molecule has 0 atom stereocenters. The summed E-state index contributed by atoms with van der Waals surface area (Å²) >= 11 is 0. The van der Waals surface area contributed by atoms with E-state index < -0.39 is 0 Å².